The van der Waals surface area contributed by atoms with Gasteiger partial charge in [0.05, 0.1) is 5.69 Å². The van der Waals surface area contributed by atoms with Gasteiger partial charge in [-0.15, -0.1) is 0 Å². The summed E-state index contributed by atoms with van der Waals surface area (Å²) in [4.78, 5) is 22.4. The highest BCUT2D eigenvalue weighted by Crippen LogP contribution is 2.24. The molecule has 0 amide bonds. The van der Waals surface area contributed by atoms with Crippen LogP contribution in [0.1, 0.15) is 42.4 Å². The lowest BCUT2D eigenvalue weighted by molar-refractivity contribution is 0.219. The van der Waals surface area contributed by atoms with Crippen molar-refractivity contribution in [3.05, 3.63) is 69.2 Å². The highest BCUT2D eigenvalue weighted by atomic mass is 32.2. The molecule has 0 spiro atoms. The van der Waals surface area contributed by atoms with Crippen LogP contribution in [0.2, 0.25) is 0 Å². The van der Waals surface area contributed by atoms with E-state index < -0.39 is 0 Å². The summed E-state index contributed by atoms with van der Waals surface area (Å²) < 4.78 is 13.1. The largest absolute Gasteiger partial charge is 0.310 e. The smallest absolute Gasteiger partial charge is 0.255 e. The standard InChI is InChI=1S/C22H26FN3OS/c1-15(2-7-21-24-20-10-13-28-14-19(20)22(27)25-21)26-11-8-17(9-12-26)16-3-5-18(23)6-4-16/h3-6,8,15H,2,7,9-14H2,1H3,(H,24,25,27). The molecular formula is C22H26FN3OS. The fourth-order valence-electron chi connectivity index (χ4n) is 3.95. The fourth-order valence-corrected chi connectivity index (χ4v) is 4.94. The van der Waals surface area contributed by atoms with E-state index in [1.165, 1.54) is 17.7 Å². The topological polar surface area (TPSA) is 49.0 Å². The number of rotatable bonds is 5. The second kappa shape index (κ2) is 8.62. The number of H-pyrrole nitrogens is 1. The number of benzene rings is 1. The van der Waals surface area contributed by atoms with Crippen molar-refractivity contribution in [1.29, 1.82) is 0 Å². The lowest BCUT2D eigenvalue weighted by Crippen LogP contribution is -2.37. The number of hydrogen-bond donors (Lipinski definition) is 1. The Balaban J connectivity index is 1.35. The normalized spacial score (nSPS) is 18.4. The lowest BCUT2D eigenvalue weighted by Gasteiger charge is -2.32. The van der Waals surface area contributed by atoms with Crippen molar-refractivity contribution in [1.82, 2.24) is 14.9 Å². The first kappa shape index (κ1) is 19.4. The average molecular weight is 400 g/mol. The molecule has 1 unspecified atom stereocenters. The molecule has 1 aromatic heterocycles. The van der Waals surface area contributed by atoms with Crippen LogP contribution in [0.15, 0.2) is 35.1 Å². The van der Waals surface area contributed by atoms with Crippen molar-refractivity contribution in [2.45, 2.75) is 44.4 Å². The molecule has 3 heterocycles. The molecule has 0 fully saturated rings. The number of nitrogens with one attached hydrogen (secondary N) is 1. The van der Waals surface area contributed by atoms with Gasteiger partial charge in [-0.3, -0.25) is 9.69 Å². The SMILES string of the molecule is CC(CCc1nc2c(c(=O)[nH]1)CSCC2)N1CC=C(c2ccc(F)cc2)CC1. The van der Waals surface area contributed by atoms with Crippen molar-refractivity contribution in [3.63, 3.8) is 0 Å². The van der Waals surface area contributed by atoms with E-state index >= 15 is 0 Å². The first-order chi connectivity index (χ1) is 13.6. The third-order valence-electron chi connectivity index (χ3n) is 5.76. The summed E-state index contributed by atoms with van der Waals surface area (Å²) in [7, 11) is 0. The molecule has 6 heteroatoms. The Morgan fingerprint density at radius 2 is 2.11 bits per heavy atom. The zero-order valence-corrected chi connectivity index (χ0v) is 17.0. The Bertz CT molecular complexity index is 922. The van der Waals surface area contributed by atoms with Gasteiger partial charge in [-0.25, -0.2) is 9.37 Å². The van der Waals surface area contributed by atoms with Crippen molar-refractivity contribution < 1.29 is 4.39 Å². The third kappa shape index (κ3) is 4.39. The van der Waals surface area contributed by atoms with Crippen LogP contribution in [0, 0.1) is 5.82 Å². The van der Waals surface area contributed by atoms with Crippen LogP contribution in [-0.2, 0) is 18.6 Å². The average Bonchev–Trinajstić information content (AvgIpc) is 2.73. The molecule has 0 radical (unpaired) electrons. The van der Waals surface area contributed by atoms with E-state index in [1.807, 2.05) is 12.1 Å². The summed E-state index contributed by atoms with van der Waals surface area (Å²) in [6.45, 7) is 4.14. The van der Waals surface area contributed by atoms with E-state index in [4.69, 9.17) is 4.98 Å². The Hall–Kier alpha value is -1.92. The molecule has 4 rings (SSSR count). The van der Waals surface area contributed by atoms with Gasteiger partial charge in [0.25, 0.3) is 5.56 Å². The monoisotopic (exact) mass is 399 g/mol. The Labute approximate surface area is 169 Å². The summed E-state index contributed by atoms with van der Waals surface area (Å²) in [6, 6.07) is 7.18. The lowest BCUT2D eigenvalue weighted by atomic mass is 9.98. The number of aromatic amines is 1. The van der Waals surface area contributed by atoms with Gasteiger partial charge in [-0.05, 0) is 55.2 Å². The van der Waals surface area contributed by atoms with E-state index in [0.29, 0.717) is 6.04 Å². The van der Waals surface area contributed by atoms with Gasteiger partial charge in [0.2, 0.25) is 0 Å². The van der Waals surface area contributed by atoms with E-state index in [9.17, 15) is 9.18 Å². The number of thioether (sulfide) groups is 1. The number of aryl methyl sites for hydroxylation is 2. The van der Waals surface area contributed by atoms with E-state index in [0.717, 1.165) is 72.9 Å². The summed E-state index contributed by atoms with van der Waals surface area (Å²) in [5.74, 6) is 2.46. The first-order valence-electron chi connectivity index (χ1n) is 9.98. The predicted molar refractivity (Wildman–Crippen MR) is 113 cm³/mol. The predicted octanol–water partition coefficient (Wildman–Crippen LogP) is 3.81. The maximum atomic E-state index is 13.1. The zero-order valence-electron chi connectivity index (χ0n) is 16.2. The fraction of sp³-hybridized carbons (Fsp3) is 0.455. The number of halogens is 1. The Morgan fingerprint density at radius 1 is 1.29 bits per heavy atom. The second-order valence-electron chi connectivity index (χ2n) is 7.61. The van der Waals surface area contributed by atoms with Crippen LogP contribution in [0.4, 0.5) is 4.39 Å². The molecule has 0 aliphatic carbocycles. The summed E-state index contributed by atoms with van der Waals surface area (Å²) in [5, 5.41) is 0. The van der Waals surface area contributed by atoms with Crippen LogP contribution in [0.5, 0.6) is 0 Å². The van der Waals surface area contributed by atoms with E-state index in [1.54, 1.807) is 11.8 Å². The molecule has 2 aromatic rings. The van der Waals surface area contributed by atoms with Crippen LogP contribution < -0.4 is 5.56 Å². The number of nitrogens with zero attached hydrogens (tertiary/aromatic N) is 2. The van der Waals surface area contributed by atoms with Gasteiger partial charge in [-0.2, -0.15) is 11.8 Å². The minimum Gasteiger partial charge on any atom is -0.310 e. The molecule has 1 N–H and O–H groups in total. The molecular weight excluding hydrogens is 373 g/mol. The Morgan fingerprint density at radius 3 is 2.86 bits per heavy atom. The van der Waals surface area contributed by atoms with Crippen LogP contribution in [0.25, 0.3) is 5.57 Å². The van der Waals surface area contributed by atoms with E-state index in [-0.39, 0.29) is 11.4 Å². The summed E-state index contributed by atoms with van der Waals surface area (Å²) in [6.07, 6.45) is 5.89. The highest BCUT2D eigenvalue weighted by molar-refractivity contribution is 7.98. The van der Waals surface area contributed by atoms with E-state index in [2.05, 4.69) is 22.9 Å². The minimum absolute atomic E-state index is 0.0460. The minimum atomic E-state index is -0.192. The van der Waals surface area contributed by atoms with Crippen molar-refractivity contribution in [3.8, 4) is 0 Å². The maximum Gasteiger partial charge on any atom is 0.255 e. The molecule has 2 aliphatic heterocycles. The summed E-state index contributed by atoms with van der Waals surface area (Å²) >= 11 is 1.80. The molecule has 0 saturated carbocycles. The molecule has 28 heavy (non-hydrogen) atoms. The van der Waals surface area contributed by atoms with Gasteiger partial charge >= 0.3 is 0 Å². The van der Waals surface area contributed by atoms with Gasteiger partial charge in [0.1, 0.15) is 11.6 Å². The Kier molecular flexibility index (Phi) is 5.97. The molecule has 1 aromatic carbocycles. The van der Waals surface area contributed by atoms with Gasteiger partial charge < -0.3 is 4.98 Å². The second-order valence-corrected chi connectivity index (χ2v) is 8.71. The highest BCUT2D eigenvalue weighted by Gasteiger charge is 2.20. The molecule has 148 valence electrons. The zero-order chi connectivity index (χ0) is 19.5. The third-order valence-corrected chi connectivity index (χ3v) is 6.74. The number of hydrogen-bond acceptors (Lipinski definition) is 4. The molecule has 4 nitrogen and oxygen atoms in total. The quantitative estimate of drug-likeness (QED) is 0.831. The van der Waals surface area contributed by atoms with Gasteiger partial charge in [0, 0.05) is 36.9 Å². The van der Waals surface area contributed by atoms with Crippen molar-refractivity contribution in [2.75, 3.05) is 18.8 Å². The first-order valence-corrected chi connectivity index (χ1v) is 11.1. The molecule has 0 bridgehead atoms. The summed E-state index contributed by atoms with van der Waals surface area (Å²) in [5.41, 5.74) is 4.31. The van der Waals surface area contributed by atoms with Gasteiger partial charge in [0.15, 0.2) is 0 Å². The number of aromatic nitrogens is 2. The number of fused-ring (bicyclic) bond motifs is 1. The van der Waals surface area contributed by atoms with Crippen molar-refractivity contribution in [2.24, 2.45) is 0 Å². The van der Waals surface area contributed by atoms with Crippen molar-refractivity contribution >= 4 is 17.3 Å². The van der Waals surface area contributed by atoms with Gasteiger partial charge in [-0.1, -0.05) is 18.2 Å². The van der Waals surface area contributed by atoms with Crippen LogP contribution >= 0.6 is 11.8 Å². The molecule has 0 saturated heterocycles. The van der Waals surface area contributed by atoms with Crippen LogP contribution in [-0.4, -0.2) is 39.8 Å². The van der Waals surface area contributed by atoms with Crippen LogP contribution in [0.3, 0.4) is 0 Å². The molecule has 2 aliphatic rings. The molecule has 1 atom stereocenters. The maximum absolute atomic E-state index is 13.1.